The Morgan fingerprint density at radius 3 is 2.58 bits per heavy atom. The van der Waals surface area contributed by atoms with Gasteiger partial charge in [0.25, 0.3) is 12.4 Å². The van der Waals surface area contributed by atoms with Crippen LogP contribution in [0.15, 0.2) is 11.3 Å². The number of hydrogen-bond donors (Lipinski definition) is 0. The van der Waals surface area contributed by atoms with Gasteiger partial charge in [-0.3, -0.25) is 19.3 Å². The van der Waals surface area contributed by atoms with Crippen molar-refractivity contribution in [3.63, 3.8) is 0 Å². The number of rotatable bonds is 5. The fourth-order valence-electron chi connectivity index (χ4n) is 2.31. The molecule has 1 amide bonds. The van der Waals surface area contributed by atoms with Crippen LogP contribution in [0.25, 0.3) is 0 Å². The third-order valence-corrected chi connectivity index (χ3v) is 4.56. The van der Waals surface area contributed by atoms with Gasteiger partial charge in [-0.2, -0.15) is 0 Å². The van der Waals surface area contributed by atoms with E-state index in [1.54, 1.807) is 20.8 Å². The number of amides is 1. The van der Waals surface area contributed by atoms with E-state index >= 15 is 0 Å². The molecule has 0 aromatic heterocycles. The number of carbonyl (C=O) groups excluding carboxylic acids is 4. The van der Waals surface area contributed by atoms with Gasteiger partial charge in [-0.1, -0.05) is 0 Å². The van der Waals surface area contributed by atoms with Gasteiger partial charge >= 0.3 is 11.9 Å². The second-order valence-electron chi connectivity index (χ2n) is 6.30. The van der Waals surface area contributed by atoms with E-state index in [2.05, 4.69) is 0 Å². The van der Waals surface area contributed by atoms with E-state index in [-0.39, 0.29) is 18.8 Å². The molecule has 9 heteroatoms. The van der Waals surface area contributed by atoms with Crippen LogP contribution >= 0.6 is 11.8 Å². The Morgan fingerprint density at radius 1 is 1.38 bits per heavy atom. The maximum atomic E-state index is 12.5. The Labute approximate surface area is 143 Å². The molecule has 0 aromatic rings. The zero-order valence-electron chi connectivity index (χ0n) is 13.9. The Balaban J connectivity index is 2.30. The molecule has 1 saturated heterocycles. The number of ether oxygens (including phenoxy) is 3. The predicted octanol–water partition coefficient (Wildman–Crippen LogP) is 0.602. The van der Waals surface area contributed by atoms with Crippen molar-refractivity contribution in [2.75, 3.05) is 12.4 Å². The zero-order chi connectivity index (χ0) is 18.1. The highest BCUT2D eigenvalue weighted by atomic mass is 32.2. The number of thioether (sulfide) groups is 1. The lowest BCUT2D eigenvalue weighted by molar-refractivity contribution is -0.171. The highest BCUT2D eigenvalue weighted by molar-refractivity contribution is 8.00. The third-order valence-electron chi connectivity index (χ3n) is 3.24. The zero-order valence-corrected chi connectivity index (χ0v) is 14.7. The molecular weight excluding hydrogens is 338 g/mol. The minimum absolute atomic E-state index is 0.0608. The molecule has 2 aliphatic rings. The average molecular weight is 357 g/mol. The SMILES string of the molecule is CC(=O)OCC1=C(C(=O)OC(C)(C)C)N2C(=O)[C@H](OC=O)[C@H]2SC1. The monoisotopic (exact) mass is 357 g/mol. The summed E-state index contributed by atoms with van der Waals surface area (Å²) in [7, 11) is 0. The number of β-lactam (4-membered cyclic amide) rings is 1. The lowest BCUT2D eigenvalue weighted by Crippen LogP contribution is -2.66. The van der Waals surface area contributed by atoms with Gasteiger partial charge in [0.15, 0.2) is 0 Å². The molecule has 2 atom stereocenters. The third kappa shape index (κ3) is 3.72. The Kier molecular flexibility index (Phi) is 5.22. The normalized spacial score (nSPS) is 23.2. The van der Waals surface area contributed by atoms with E-state index in [4.69, 9.17) is 14.2 Å². The second-order valence-corrected chi connectivity index (χ2v) is 7.40. The summed E-state index contributed by atoms with van der Waals surface area (Å²) in [4.78, 5) is 47.6. The van der Waals surface area contributed by atoms with Gasteiger partial charge in [-0.05, 0) is 20.8 Å². The molecular formula is C15H19NO7S. The van der Waals surface area contributed by atoms with Gasteiger partial charge in [0, 0.05) is 18.2 Å². The second kappa shape index (κ2) is 6.84. The minimum atomic E-state index is -0.916. The van der Waals surface area contributed by atoms with Crippen LogP contribution in [-0.4, -0.2) is 58.7 Å². The van der Waals surface area contributed by atoms with Crippen LogP contribution in [0, 0.1) is 0 Å². The minimum Gasteiger partial charge on any atom is -0.461 e. The van der Waals surface area contributed by atoms with Crippen molar-refractivity contribution >= 4 is 36.1 Å². The van der Waals surface area contributed by atoms with Crippen LogP contribution in [-0.2, 0) is 33.4 Å². The molecule has 0 aromatic carbocycles. The fourth-order valence-corrected chi connectivity index (χ4v) is 3.62. The van der Waals surface area contributed by atoms with Crippen molar-refractivity contribution in [1.82, 2.24) is 4.90 Å². The molecule has 2 heterocycles. The van der Waals surface area contributed by atoms with Crippen molar-refractivity contribution in [1.29, 1.82) is 0 Å². The van der Waals surface area contributed by atoms with Crippen LogP contribution in [0.1, 0.15) is 27.7 Å². The first-order valence-corrected chi connectivity index (χ1v) is 8.33. The summed E-state index contributed by atoms with van der Waals surface area (Å²) in [6.07, 6.45) is -0.916. The van der Waals surface area contributed by atoms with E-state index in [1.807, 2.05) is 0 Å². The van der Waals surface area contributed by atoms with E-state index in [9.17, 15) is 19.2 Å². The summed E-state index contributed by atoms with van der Waals surface area (Å²) in [6, 6.07) is 0. The Hall–Kier alpha value is -2.03. The van der Waals surface area contributed by atoms with Crippen LogP contribution < -0.4 is 0 Å². The first-order chi connectivity index (χ1) is 11.2. The molecule has 0 aliphatic carbocycles. The standard InChI is InChI=1S/C15H19NO7S/c1-8(18)21-5-9-6-24-13-11(22-7-17)12(19)16(13)10(9)14(20)23-15(2,3)4/h7,11,13H,5-6H2,1-4H3/t11-,13+/m0/s1. The van der Waals surface area contributed by atoms with Crippen LogP contribution in [0.2, 0.25) is 0 Å². The number of hydrogen-bond acceptors (Lipinski definition) is 8. The van der Waals surface area contributed by atoms with Crippen molar-refractivity contribution in [2.45, 2.75) is 44.8 Å². The molecule has 8 nitrogen and oxygen atoms in total. The number of fused-ring (bicyclic) bond motifs is 1. The Morgan fingerprint density at radius 2 is 2.04 bits per heavy atom. The first-order valence-electron chi connectivity index (χ1n) is 7.28. The topological polar surface area (TPSA) is 99.2 Å². The Bertz CT molecular complexity index is 607. The van der Waals surface area contributed by atoms with Crippen molar-refractivity contribution < 1.29 is 33.4 Å². The summed E-state index contributed by atoms with van der Waals surface area (Å²) >= 11 is 1.33. The predicted molar refractivity (Wildman–Crippen MR) is 83.5 cm³/mol. The highest BCUT2D eigenvalue weighted by Crippen LogP contribution is 2.42. The van der Waals surface area contributed by atoms with Crippen molar-refractivity contribution in [2.24, 2.45) is 0 Å². The molecule has 1 fully saturated rings. The lowest BCUT2D eigenvalue weighted by Gasteiger charge is -2.48. The molecule has 132 valence electrons. The van der Waals surface area contributed by atoms with Crippen LogP contribution in [0.4, 0.5) is 0 Å². The fraction of sp³-hybridized carbons (Fsp3) is 0.600. The van der Waals surface area contributed by atoms with E-state index in [0.717, 1.165) is 0 Å². The van der Waals surface area contributed by atoms with E-state index < -0.39 is 34.9 Å². The molecule has 0 bridgehead atoms. The first kappa shape index (κ1) is 18.3. The smallest absolute Gasteiger partial charge is 0.355 e. The van der Waals surface area contributed by atoms with Crippen LogP contribution in [0.3, 0.4) is 0 Å². The average Bonchev–Trinajstić information content (AvgIpc) is 2.47. The summed E-state index contributed by atoms with van der Waals surface area (Å²) in [5.74, 6) is -1.31. The van der Waals surface area contributed by atoms with Gasteiger partial charge < -0.3 is 14.2 Å². The molecule has 0 saturated carbocycles. The molecule has 0 spiro atoms. The number of carbonyl (C=O) groups is 4. The number of nitrogens with zero attached hydrogens (tertiary/aromatic N) is 1. The quantitative estimate of drug-likeness (QED) is 0.305. The van der Waals surface area contributed by atoms with Crippen molar-refractivity contribution in [3.05, 3.63) is 11.3 Å². The summed E-state index contributed by atoms with van der Waals surface area (Å²) in [5, 5.41) is -0.480. The van der Waals surface area contributed by atoms with Gasteiger partial charge in [0.2, 0.25) is 6.10 Å². The van der Waals surface area contributed by atoms with Crippen LogP contribution in [0.5, 0.6) is 0 Å². The maximum Gasteiger partial charge on any atom is 0.355 e. The van der Waals surface area contributed by atoms with E-state index in [0.29, 0.717) is 11.3 Å². The molecule has 0 unspecified atom stereocenters. The van der Waals surface area contributed by atoms with Gasteiger partial charge in [0.05, 0.1) is 0 Å². The largest absolute Gasteiger partial charge is 0.461 e. The molecule has 0 N–H and O–H groups in total. The van der Waals surface area contributed by atoms with Gasteiger partial charge in [-0.15, -0.1) is 11.8 Å². The molecule has 2 aliphatic heterocycles. The summed E-state index contributed by atoms with van der Waals surface area (Å²) in [6.45, 7) is 6.50. The highest BCUT2D eigenvalue weighted by Gasteiger charge is 2.55. The van der Waals surface area contributed by atoms with Gasteiger partial charge in [-0.25, -0.2) is 4.79 Å². The maximum absolute atomic E-state index is 12.5. The van der Waals surface area contributed by atoms with Gasteiger partial charge in [0.1, 0.15) is 23.3 Å². The molecule has 2 rings (SSSR count). The lowest BCUT2D eigenvalue weighted by atomic mass is 10.0. The molecule has 0 radical (unpaired) electrons. The number of esters is 2. The summed E-state index contributed by atoms with van der Waals surface area (Å²) in [5.41, 5.74) is -0.201. The summed E-state index contributed by atoms with van der Waals surface area (Å²) < 4.78 is 15.1. The molecule has 24 heavy (non-hydrogen) atoms. The van der Waals surface area contributed by atoms with E-state index in [1.165, 1.54) is 23.6 Å². The van der Waals surface area contributed by atoms with Crippen molar-refractivity contribution in [3.8, 4) is 0 Å².